The predicted molar refractivity (Wildman–Crippen MR) is 163 cm³/mol. The molecule has 2 aromatic rings. The average Bonchev–Trinajstić information content (AvgIpc) is 2.92. The van der Waals surface area contributed by atoms with Gasteiger partial charge in [-0.05, 0) is 43.5 Å². The first kappa shape index (κ1) is 33.7. The van der Waals surface area contributed by atoms with Gasteiger partial charge in [0.05, 0.1) is 13.1 Å². The number of quaternary nitrogens is 1. The Bertz CT molecular complexity index is 690. The van der Waals surface area contributed by atoms with Crippen molar-refractivity contribution < 1.29 is 12.4 Å². The zero-order valence-electron chi connectivity index (χ0n) is 24.4. The van der Waals surface area contributed by atoms with Gasteiger partial charge in [0.2, 0.25) is 0 Å². The van der Waals surface area contributed by atoms with Gasteiger partial charge in [0.15, 0.2) is 0 Å². The van der Waals surface area contributed by atoms with Crippen molar-refractivity contribution in [1.29, 1.82) is 0 Å². The van der Waals surface area contributed by atoms with Crippen molar-refractivity contribution in [1.82, 2.24) is 4.48 Å². The third-order valence-corrected chi connectivity index (χ3v) is 8.00. The van der Waals surface area contributed by atoms with Gasteiger partial charge in [-0.2, -0.15) is 0 Å². The molecule has 1 nitrogen and oxygen atoms in total. The second-order valence-electron chi connectivity index (χ2n) is 11.1. The van der Waals surface area contributed by atoms with Gasteiger partial charge >= 0.3 is 0 Å². The van der Waals surface area contributed by atoms with Crippen molar-refractivity contribution in [2.24, 2.45) is 0 Å². The molecule has 0 aliphatic carbocycles. The van der Waals surface area contributed by atoms with Crippen LogP contribution in [0.25, 0.3) is 0 Å². The molecule has 0 amide bonds. The van der Waals surface area contributed by atoms with E-state index in [1.807, 2.05) is 0 Å². The molecule has 0 heterocycles. The van der Waals surface area contributed by atoms with Crippen molar-refractivity contribution in [3.63, 3.8) is 0 Å². The molecule has 0 bridgehead atoms. The highest BCUT2D eigenvalue weighted by Crippen LogP contribution is 2.35. The largest absolute Gasteiger partial charge is 1.00 e. The highest BCUT2D eigenvalue weighted by atomic mass is 35.5. The summed E-state index contributed by atoms with van der Waals surface area (Å²) in [5, 5.41) is 0. The van der Waals surface area contributed by atoms with Crippen LogP contribution in [0.2, 0.25) is 0 Å². The number of hydrogen-bond donors (Lipinski definition) is 0. The molecule has 0 saturated carbocycles. The van der Waals surface area contributed by atoms with E-state index < -0.39 is 0 Å². The molecule has 0 unspecified atom stereocenters. The Kier molecular flexibility index (Phi) is 20.6. The summed E-state index contributed by atoms with van der Waals surface area (Å²) in [7, 11) is 0. The zero-order valence-corrected chi connectivity index (χ0v) is 25.2. The van der Waals surface area contributed by atoms with Gasteiger partial charge < -0.3 is 12.4 Å². The van der Waals surface area contributed by atoms with Crippen molar-refractivity contribution in [3.05, 3.63) is 60.7 Å². The summed E-state index contributed by atoms with van der Waals surface area (Å²) in [6.07, 6.45) is 27.0. The zero-order chi connectivity index (χ0) is 25.6. The molecular formula is C35H58ClN. The lowest BCUT2D eigenvalue weighted by Gasteiger charge is -2.38. The van der Waals surface area contributed by atoms with Gasteiger partial charge in [0, 0.05) is 0 Å². The summed E-state index contributed by atoms with van der Waals surface area (Å²) in [5.41, 5.74) is 2.88. The van der Waals surface area contributed by atoms with Gasteiger partial charge in [-0.15, -0.1) is 0 Å². The van der Waals surface area contributed by atoms with Crippen LogP contribution in [0.4, 0.5) is 11.4 Å². The van der Waals surface area contributed by atoms with Crippen LogP contribution >= 0.6 is 0 Å². The maximum Gasteiger partial charge on any atom is 0.137 e. The molecule has 0 spiro atoms. The number of para-hydroxylation sites is 2. The maximum atomic E-state index is 2.33. The Labute approximate surface area is 237 Å². The fraction of sp³-hybridized carbons (Fsp3) is 0.657. The Morgan fingerprint density at radius 2 is 0.703 bits per heavy atom. The minimum Gasteiger partial charge on any atom is -1.00 e. The topological polar surface area (TPSA) is 0 Å². The summed E-state index contributed by atoms with van der Waals surface area (Å²) in [5.74, 6) is 0. The van der Waals surface area contributed by atoms with Crippen molar-refractivity contribution in [3.8, 4) is 0 Å². The molecule has 0 aromatic heterocycles. The Hall–Kier alpha value is -1.31. The number of benzene rings is 2. The van der Waals surface area contributed by atoms with Gasteiger partial charge in [0.1, 0.15) is 11.4 Å². The third-order valence-electron chi connectivity index (χ3n) is 8.00. The van der Waals surface area contributed by atoms with E-state index >= 15 is 0 Å². The van der Waals surface area contributed by atoms with E-state index in [9.17, 15) is 0 Å². The van der Waals surface area contributed by atoms with Crippen LogP contribution in [0, 0.1) is 0 Å². The average molecular weight is 528 g/mol. The fourth-order valence-electron chi connectivity index (χ4n) is 5.87. The minimum absolute atomic E-state index is 0. The molecule has 0 saturated heterocycles. The molecule has 2 aromatic carbocycles. The second kappa shape index (κ2) is 22.7. The fourth-order valence-corrected chi connectivity index (χ4v) is 5.87. The van der Waals surface area contributed by atoms with Crippen molar-refractivity contribution >= 4 is 11.4 Å². The molecule has 0 aliphatic rings. The van der Waals surface area contributed by atoms with Crippen LogP contribution in [0.1, 0.15) is 136 Å². The standard InChI is InChI=1S/C35H58N.ClH/c1-3-5-6-7-8-9-10-11-12-13-14-15-16-17-18-19-20-27-33-36(32-4-2,34-28-23-21-24-29-34)35-30-25-22-26-31-35;/h21-26,28-31H,3-20,27,32-33H2,1-2H3;1H/q+1;/p-1. The van der Waals surface area contributed by atoms with Crippen molar-refractivity contribution in [2.75, 3.05) is 13.1 Å². The highest BCUT2D eigenvalue weighted by molar-refractivity contribution is 5.58. The quantitative estimate of drug-likeness (QED) is 0.1000. The van der Waals surface area contributed by atoms with E-state index in [0.717, 1.165) is 4.48 Å². The lowest BCUT2D eigenvalue weighted by atomic mass is 10.0. The van der Waals surface area contributed by atoms with E-state index in [1.54, 1.807) is 0 Å². The summed E-state index contributed by atoms with van der Waals surface area (Å²) >= 11 is 0. The van der Waals surface area contributed by atoms with Crippen LogP contribution in [-0.2, 0) is 0 Å². The maximum absolute atomic E-state index is 2.33. The van der Waals surface area contributed by atoms with Gasteiger partial charge in [0.25, 0.3) is 0 Å². The first-order chi connectivity index (χ1) is 17.8. The second-order valence-corrected chi connectivity index (χ2v) is 11.1. The molecule has 0 aliphatic heterocycles. The summed E-state index contributed by atoms with van der Waals surface area (Å²) in [6, 6.07) is 22.4. The molecule has 0 N–H and O–H groups in total. The summed E-state index contributed by atoms with van der Waals surface area (Å²) in [4.78, 5) is 0. The van der Waals surface area contributed by atoms with Crippen LogP contribution in [-0.4, -0.2) is 13.1 Å². The lowest BCUT2D eigenvalue weighted by molar-refractivity contribution is -0.00000767. The van der Waals surface area contributed by atoms with E-state index in [0.29, 0.717) is 0 Å². The molecular weight excluding hydrogens is 470 g/mol. The lowest BCUT2D eigenvalue weighted by Crippen LogP contribution is -3.00. The van der Waals surface area contributed by atoms with Gasteiger partial charge in [-0.3, -0.25) is 4.48 Å². The number of nitrogens with zero attached hydrogens (tertiary/aromatic N) is 1. The predicted octanol–water partition coefficient (Wildman–Crippen LogP) is 8.78. The molecule has 0 atom stereocenters. The number of hydrogen-bond acceptors (Lipinski definition) is 0. The first-order valence-electron chi connectivity index (χ1n) is 15.8. The molecule has 2 rings (SSSR count). The van der Waals surface area contributed by atoms with E-state index in [2.05, 4.69) is 74.5 Å². The minimum atomic E-state index is 0. The number of rotatable bonds is 23. The van der Waals surface area contributed by atoms with Crippen LogP contribution in [0.5, 0.6) is 0 Å². The summed E-state index contributed by atoms with van der Waals surface area (Å²) in [6.45, 7) is 7.01. The Balaban J connectivity index is 0.00000684. The van der Waals surface area contributed by atoms with E-state index in [-0.39, 0.29) is 12.4 Å². The third kappa shape index (κ3) is 13.9. The Morgan fingerprint density at radius 1 is 0.378 bits per heavy atom. The van der Waals surface area contributed by atoms with Gasteiger partial charge in [-0.1, -0.05) is 153 Å². The van der Waals surface area contributed by atoms with Crippen molar-refractivity contribution in [2.45, 2.75) is 136 Å². The van der Waals surface area contributed by atoms with E-state index in [1.165, 1.54) is 146 Å². The summed E-state index contributed by atoms with van der Waals surface area (Å²) < 4.78 is 0.997. The molecule has 0 radical (unpaired) electrons. The van der Waals surface area contributed by atoms with Crippen LogP contribution in [0.3, 0.4) is 0 Å². The molecule has 2 heteroatoms. The van der Waals surface area contributed by atoms with Crippen LogP contribution in [0.15, 0.2) is 60.7 Å². The monoisotopic (exact) mass is 527 g/mol. The van der Waals surface area contributed by atoms with Crippen LogP contribution < -0.4 is 16.9 Å². The van der Waals surface area contributed by atoms with Gasteiger partial charge in [-0.25, -0.2) is 0 Å². The highest BCUT2D eigenvalue weighted by Gasteiger charge is 2.31. The Morgan fingerprint density at radius 3 is 1.03 bits per heavy atom. The number of halogens is 1. The molecule has 37 heavy (non-hydrogen) atoms. The normalized spacial score (nSPS) is 11.4. The SMILES string of the molecule is CCCCCCCCCCCCCCCCCCCC[N+](CCC)(c1ccccc1)c1ccccc1.[Cl-]. The number of unbranched alkanes of at least 4 members (excludes halogenated alkanes) is 17. The van der Waals surface area contributed by atoms with E-state index in [4.69, 9.17) is 0 Å². The smallest absolute Gasteiger partial charge is 0.137 e. The molecule has 210 valence electrons. The first-order valence-corrected chi connectivity index (χ1v) is 15.8. The molecule has 0 fully saturated rings.